The van der Waals surface area contributed by atoms with Crippen molar-refractivity contribution in [1.29, 1.82) is 0 Å². The van der Waals surface area contributed by atoms with Gasteiger partial charge in [-0.3, -0.25) is 4.79 Å². The number of anilines is 1. The van der Waals surface area contributed by atoms with Gasteiger partial charge in [-0.15, -0.1) is 0 Å². The third kappa shape index (κ3) is 4.10. The summed E-state index contributed by atoms with van der Waals surface area (Å²) < 4.78 is 6.74. The van der Waals surface area contributed by atoms with E-state index in [0.29, 0.717) is 24.6 Å². The minimum absolute atomic E-state index is 0.0253. The molecule has 1 aromatic heterocycles. The Morgan fingerprint density at radius 2 is 2.05 bits per heavy atom. The zero-order chi connectivity index (χ0) is 14.6. The van der Waals surface area contributed by atoms with Gasteiger partial charge in [0, 0.05) is 32.0 Å². The molecule has 0 amide bonds. The molecule has 1 saturated carbocycles. The molecule has 0 aliphatic heterocycles. The van der Waals surface area contributed by atoms with E-state index in [4.69, 9.17) is 4.74 Å². The molecule has 0 bridgehead atoms. The monoisotopic (exact) mass is 278 g/mol. The summed E-state index contributed by atoms with van der Waals surface area (Å²) in [5, 5.41) is 3.56. The second-order valence-electron chi connectivity index (χ2n) is 6.53. The molecule has 0 saturated heterocycles. The maximum absolute atomic E-state index is 11.7. The number of pyridine rings is 1. The van der Waals surface area contributed by atoms with Gasteiger partial charge in [0.25, 0.3) is 5.56 Å². The van der Waals surface area contributed by atoms with Crippen LogP contribution in [0.3, 0.4) is 0 Å². The van der Waals surface area contributed by atoms with Gasteiger partial charge in [-0.25, -0.2) is 0 Å². The number of rotatable bonds is 5. The number of nitrogens with one attached hydrogen (secondary N) is 1. The highest BCUT2D eigenvalue weighted by molar-refractivity contribution is 5.41. The van der Waals surface area contributed by atoms with Crippen molar-refractivity contribution in [2.45, 2.75) is 52.1 Å². The van der Waals surface area contributed by atoms with Crippen molar-refractivity contribution in [2.75, 3.05) is 19.0 Å². The average molecular weight is 278 g/mol. The molecule has 20 heavy (non-hydrogen) atoms. The zero-order valence-electron chi connectivity index (χ0n) is 12.8. The van der Waals surface area contributed by atoms with Gasteiger partial charge in [0.1, 0.15) is 0 Å². The molecule has 1 N–H and O–H groups in total. The molecule has 0 radical (unpaired) electrons. The van der Waals surface area contributed by atoms with Gasteiger partial charge >= 0.3 is 0 Å². The van der Waals surface area contributed by atoms with Crippen LogP contribution in [0.1, 0.15) is 39.5 Å². The SMILES string of the molecule is COCCn1cc(NC2CCC(C)(C)CC2)ccc1=O. The maximum Gasteiger partial charge on any atom is 0.250 e. The zero-order valence-corrected chi connectivity index (χ0v) is 12.8. The first kappa shape index (κ1) is 15.1. The van der Waals surface area contributed by atoms with Gasteiger partial charge in [-0.2, -0.15) is 0 Å². The van der Waals surface area contributed by atoms with Crippen molar-refractivity contribution < 1.29 is 4.74 Å². The van der Waals surface area contributed by atoms with Crippen molar-refractivity contribution in [1.82, 2.24) is 4.57 Å². The van der Waals surface area contributed by atoms with Crippen LogP contribution in [0.15, 0.2) is 23.1 Å². The lowest BCUT2D eigenvalue weighted by Gasteiger charge is -2.35. The minimum atomic E-state index is 0.0253. The second-order valence-corrected chi connectivity index (χ2v) is 6.53. The van der Waals surface area contributed by atoms with Crippen molar-refractivity contribution in [2.24, 2.45) is 5.41 Å². The van der Waals surface area contributed by atoms with E-state index >= 15 is 0 Å². The Morgan fingerprint density at radius 3 is 2.70 bits per heavy atom. The first-order valence-corrected chi connectivity index (χ1v) is 7.46. The van der Waals surface area contributed by atoms with Crippen LogP contribution < -0.4 is 10.9 Å². The van der Waals surface area contributed by atoms with E-state index in [0.717, 1.165) is 5.69 Å². The van der Waals surface area contributed by atoms with E-state index in [1.807, 2.05) is 12.3 Å². The highest BCUT2D eigenvalue weighted by atomic mass is 16.5. The number of methoxy groups -OCH3 is 1. The largest absolute Gasteiger partial charge is 0.383 e. The molecule has 1 fully saturated rings. The molecule has 1 aromatic rings. The topological polar surface area (TPSA) is 43.3 Å². The predicted octanol–water partition coefficient (Wildman–Crippen LogP) is 2.88. The summed E-state index contributed by atoms with van der Waals surface area (Å²) >= 11 is 0. The number of hydrogen-bond acceptors (Lipinski definition) is 3. The fourth-order valence-electron chi connectivity index (χ4n) is 2.76. The van der Waals surface area contributed by atoms with Gasteiger partial charge in [0.05, 0.1) is 12.3 Å². The Bertz CT molecular complexity index is 483. The third-order valence-corrected chi connectivity index (χ3v) is 4.23. The molecule has 4 nitrogen and oxygen atoms in total. The summed E-state index contributed by atoms with van der Waals surface area (Å²) in [4.78, 5) is 11.7. The van der Waals surface area contributed by atoms with Gasteiger partial charge in [0.2, 0.25) is 0 Å². The van der Waals surface area contributed by atoms with Crippen LogP contribution in [-0.2, 0) is 11.3 Å². The van der Waals surface area contributed by atoms with E-state index in [1.54, 1.807) is 17.7 Å². The average Bonchev–Trinajstić information content (AvgIpc) is 2.42. The van der Waals surface area contributed by atoms with E-state index in [-0.39, 0.29) is 5.56 Å². The van der Waals surface area contributed by atoms with Crippen LogP contribution in [0.4, 0.5) is 5.69 Å². The highest BCUT2D eigenvalue weighted by Crippen LogP contribution is 2.35. The number of nitrogens with zero attached hydrogens (tertiary/aromatic N) is 1. The molecule has 4 heteroatoms. The van der Waals surface area contributed by atoms with E-state index in [2.05, 4.69) is 19.2 Å². The van der Waals surface area contributed by atoms with Crippen LogP contribution in [-0.4, -0.2) is 24.3 Å². The van der Waals surface area contributed by atoms with E-state index in [9.17, 15) is 4.79 Å². The lowest BCUT2D eigenvalue weighted by molar-refractivity contribution is 0.186. The Hall–Kier alpha value is -1.29. The molecule has 0 atom stereocenters. The van der Waals surface area contributed by atoms with Crippen LogP contribution in [0, 0.1) is 5.41 Å². The smallest absolute Gasteiger partial charge is 0.250 e. The van der Waals surface area contributed by atoms with Crippen LogP contribution in [0.2, 0.25) is 0 Å². The van der Waals surface area contributed by atoms with Gasteiger partial charge in [0.15, 0.2) is 0 Å². The van der Waals surface area contributed by atoms with Gasteiger partial charge < -0.3 is 14.6 Å². The molecule has 0 spiro atoms. The molecular formula is C16H26N2O2. The highest BCUT2D eigenvalue weighted by Gasteiger charge is 2.26. The molecule has 2 rings (SSSR count). The standard InChI is InChI=1S/C16H26N2O2/c1-16(2)8-6-13(7-9-16)17-14-4-5-15(19)18(12-14)10-11-20-3/h4-5,12-13,17H,6-11H2,1-3H3. The normalized spacial score (nSPS) is 18.9. The second kappa shape index (κ2) is 6.44. The molecule has 112 valence electrons. The maximum atomic E-state index is 11.7. The van der Waals surface area contributed by atoms with Crippen molar-refractivity contribution in [3.63, 3.8) is 0 Å². The third-order valence-electron chi connectivity index (χ3n) is 4.23. The van der Waals surface area contributed by atoms with Crippen LogP contribution in [0.25, 0.3) is 0 Å². The Labute approximate surface area is 121 Å². The lowest BCUT2D eigenvalue weighted by Crippen LogP contribution is -2.30. The summed E-state index contributed by atoms with van der Waals surface area (Å²) in [7, 11) is 1.65. The quantitative estimate of drug-likeness (QED) is 0.900. The first-order chi connectivity index (χ1) is 9.50. The van der Waals surface area contributed by atoms with Gasteiger partial charge in [-0.1, -0.05) is 13.8 Å². The van der Waals surface area contributed by atoms with E-state index in [1.165, 1.54) is 25.7 Å². The van der Waals surface area contributed by atoms with E-state index < -0.39 is 0 Å². The summed E-state index contributed by atoms with van der Waals surface area (Å²) in [6.45, 7) is 5.84. The first-order valence-electron chi connectivity index (χ1n) is 7.46. The minimum Gasteiger partial charge on any atom is -0.383 e. The number of aromatic nitrogens is 1. The molecule has 1 heterocycles. The van der Waals surface area contributed by atoms with Crippen LogP contribution in [0.5, 0.6) is 0 Å². The molecule has 1 aliphatic carbocycles. The number of ether oxygens (including phenoxy) is 1. The lowest BCUT2D eigenvalue weighted by atomic mass is 9.75. The van der Waals surface area contributed by atoms with Crippen LogP contribution >= 0.6 is 0 Å². The van der Waals surface area contributed by atoms with Crippen molar-refractivity contribution in [3.8, 4) is 0 Å². The van der Waals surface area contributed by atoms with Crippen molar-refractivity contribution in [3.05, 3.63) is 28.7 Å². The molecule has 0 aromatic carbocycles. The predicted molar refractivity (Wildman–Crippen MR) is 82.2 cm³/mol. The van der Waals surface area contributed by atoms with Gasteiger partial charge in [-0.05, 0) is 37.2 Å². The number of hydrogen-bond donors (Lipinski definition) is 1. The molecule has 1 aliphatic rings. The summed E-state index contributed by atoms with van der Waals surface area (Å²) in [6, 6.07) is 4.03. The summed E-state index contributed by atoms with van der Waals surface area (Å²) in [6.07, 6.45) is 6.82. The fourth-order valence-corrected chi connectivity index (χ4v) is 2.76. The fraction of sp³-hybridized carbons (Fsp3) is 0.688. The Balaban J connectivity index is 1.98. The summed E-state index contributed by atoms with van der Waals surface area (Å²) in [5.74, 6) is 0. The summed E-state index contributed by atoms with van der Waals surface area (Å²) in [5.41, 5.74) is 1.54. The Morgan fingerprint density at radius 1 is 1.35 bits per heavy atom. The van der Waals surface area contributed by atoms with Crippen molar-refractivity contribution >= 4 is 5.69 Å². The Kier molecular flexibility index (Phi) is 4.86. The molecular weight excluding hydrogens is 252 g/mol. The molecule has 0 unspecified atom stereocenters.